The maximum Gasteiger partial charge on any atom is 0.136 e. The fourth-order valence-electron chi connectivity index (χ4n) is 17.0. The molecule has 9 aliphatic heterocycles. The Morgan fingerprint density at radius 3 is 1.48 bits per heavy atom. The van der Waals surface area contributed by atoms with Crippen molar-refractivity contribution in [1.82, 2.24) is 0 Å². The average molecular weight is 883 g/mol. The van der Waals surface area contributed by atoms with Gasteiger partial charge in [-0.2, -0.15) is 0 Å². The molecule has 56 heavy (non-hydrogen) atoms. The number of nitrogens with zero attached hydrogens (tertiary/aromatic N) is 4. The van der Waals surface area contributed by atoms with Crippen molar-refractivity contribution in [3.63, 3.8) is 0 Å². The summed E-state index contributed by atoms with van der Waals surface area (Å²) in [6.45, 7) is 26.6. The minimum absolute atomic E-state index is 0. The first-order valence-corrected chi connectivity index (χ1v) is 21.6. The van der Waals surface area contributed by atoms with Crippen LogP contribution in [-0.2, 0) is 20.3 Å². The molecule has 8 heteroatoms. The highest BCUT2D eigenvalue weighted by atomic mass is 79.9. The van der Waals surface area contributed by atoms with E-state index in [1.165, 1.54) is 81.4 Å². The van der Waals surface area contributed by atoms with Gasteiger partial charge in [0.1, 0.15) is 37.6 Å². The fourth-order valence-corrected chi connectivity index (χ4v) is 17.0. The second kappa shape index (κ2) is 11.8. The van der Waals surface area contributed by atoms with Crippen LogP contribution in [0.5, 0.6) is 0 Å². The summed E-state index contributed by atoms with van der Waals surface area (Å²) in [6.07, 6.45) is 14.7. The van der Waals surface area contributed by atoms with Crippen molar-refractivity contribution in [3.8, 4) is 0 Å². The van der Waals surface area contributed by atoms with Gasteiger partial charge >= 0.3 is 0 Å². The lowest BCUT2D eigenvalue weighted by Crippen LogP contribution is -3.00. The lowest BCUT2D eigenvalue weighted by molar-refractivity contribution is -0.938. The number of hydrogen-bond donors (Lipinski definition) is 0. The number of quaternary nitrogens is 2. The van der Waals surface area contributed by atoms with Crippen LogP contribution in [0.15, 0.2) is 72.9 Å². The molecule has 2 aromatic rings. The summed E-state index contributed by atoms with van der Waals surface area (Å²) in [5.41, 5.74) is 15.5. The molecule has 0 aromatic heterocycles. The molecule has 7 fully saturated rings. The molecule has 4 bridgehead atoms. The second-order valence-electron chi connectivity index (χ2n) is 20.2. The third-order valence-electron chi connectivity index (χ3n) is 18.9. The van der Waals surface area contributed by atoms with Crippen molar-refractivity contribution in [2.75, 3.05) is 62.3 Å². The van der Waals surface area contributed by atoms with Crippen molar-refractivity contribution in [2.45, 2.75) is 101 Å². The zero-order valence-electron chi connectivity index (χ0n) is 33.7. The van der Waals surface area contributed by atoms with Crippen LogP contribution in [0.2, 0.25) is 0 Å². The van der Waals surface area contributed by atoms with Gasteiger partial charge in [-0.3, -0.25) is 0 Å². The maximum absolute atomic E-state index is 7.63. The van der Waals surface area contributed by atoms with Crippen LogP contribution in [0, 0.1) is 51.4 Å². The minimum atomic E-state index is 0. The molecule has 296 valence electrons. The Kier molecular flexibility index (Phi) is 7.73. The Balaban J connectivity index is 0.00000181. The average Bonchev–Trinajstić information content (AvgIpc) is 3.75. The molecule has 9 heterocycles. The van der Waals surface area contributed by atoms with E-state index in [1.54, 1.807) is 22.3 Å². The highest BCUT2D eigenvalue weighted by Gasteiger charge is 2.80. The lowest BCUT2D eigenvalue weighted by Gasteiger charge is -2.65. The molecule has 11 aliphatic rings. The van der Waals surface area contributed by atoms with Crippen LogP contribution in [0.1, 0.15) is 59.1 Å². The quantitative estimate of drug-likeness (QED) is 0.338. The van der Waals surface area contributed by atoms with E-state index < -0.39 is 0 Å². The Morgan fingerprint density at radius 2 is 1.07 bits per heavy atom. The van der Waals surface area contributed by atoms with Gasteiger partial charge in [-0.1, -0.05) is 37.4 Å². The van der Waals surface area contributed by atoms with Gasteiger partial charge in [0.2, 0.25) is 0 Å². The van der Waals surface area contributed by atoms with Gasteiger partial charge in [-0.25, -0.2) is 0 Å². The normalized spacial score (nSPS) is 45.4. The van der Waals surface area contributed by atoms with Crippen LogP contribution in [-0.4, -0.2) is 98.1 Å². The maximum atomic E-state index is 7.63. The van der Waals surface area contributed by atoms with Gasteiger partial charge in [-0.05, 0) is 96.5 Å². The molecule has 0 radical (unpaired) electrons. The summed E-state index contributed by atoms with van der Waals surface area (Å²) >= 11 is 0. The summed E-state index contributed by atoms with van der Waals surface area (Å²) in [5, 5.41) is 0. The van der Waals surface area contributed by atoms with Gasteiger partial charge in [0.25, 0.3) is 0 Å². The number of halogens is 2. The predicted octanol–water partition coefficient (Wildman–Crippen LogP) is 0.910. The van der Waals surface area contributed by atoms with Crippen molar-refractivity contribution >= 4 is 11.4 Å². The number of hydrogen-bond acceptors (Lipinski definition) is 4. The van der Waals surface area contributed by atoms with Crippen LogP contribution < -0.4 is 43.8 Å². The smallest absolute Gasteiger partial charge is 0.136 e. The molecule has 2 spiro atoms. The number of anilines is 2. The van der Waals surface area contributed by atoms with E-state index in [0.29, 0.717) is 61.1 Å². The standard InChI is InChI=1S/C48H58N4O2.2BrH/c1-7-13-51-15-11-47-35-19-27(3)29(5)21-37(35)49-43(47)41-33(23-39(47)51)31(25-51)9-17-53-45(41)50-38-22-30(6)28(4)20-36(38)48-12-16-52(14-8-2)26-32-10-18-54-46(49)42(44(48)50)34(32)24-40(48)52;;/h7-10,19-22,33-34,39-46H,1-2,11-18,23-26H2,3-6H3;2*1H/q+2;;/p-2/t33-,34-,39-,40-,41+,42+,43-,44-,45+,46+,47+,48+,51?,52?;;/m0../s1. The van der Waals surface area contributed by atoms with Crippen LogP contribution >= 0.6 is 0 Å². The number of aryl methyl sites for hydroxylation is 4. The van der Waals surface area contributed by atoms with Crippen molar-refractivity contribution in [3.05, 3.63) is 106 Å². The highest BCUT2D eigenvalue weighted by molar-refractivity contribution is 5.73. The van der Waals surface area contributed by atoms with Crippen molar-refractivity contribution in [2.24, 2.45) is 23.7 Å². The van der Waals surface area contributed by atoms with E-state index in [-0.39, 0.29) is 57.2 Å². The Labute approximate surface area is 355 Å². The third-order valence-corrected chi connectivity index (χ3v) is 18.9. The zero-order valence-corrected chi connectivity index (χ0v) is 36.8. The van der Waals surface area contributed by atoms with Crippen molar-refractivity contribution < 1.29 is 52.4 Å². The summed E-state index contributed by atoms with van der Waals surface area (Å²) in [5.74, 6) is 1.73. The molecule has 13 rings (SSSR count). The fraction of sp³-hybridized carbons (Fsp3) is 0.583. The van der Waals surface area contributed by atoms with Gasteiger partial charge in [0, 0.05) is 60.7 Å². The zero-order chi connectivity index (χ0) is 36.3. The van der Waals surface area contributed by atoms with E-state index in [0.717, 1.165) is 26.2 Å². The summed E-state index contributed by atoms with van der Waals surface area (Å²) in [4.78, 5) is 6.04. The highest BCUT2D eigenvalue weighted by Crippen LogP contribution is 2.73. The number of rotatable bonds is 4. The summed E-state index contributed by atoms with van der Waals surface area (Å²) in [6, 6.07) is 12.4. The van der Waals surface area contributed by atoms with Crippen molar-refractivity contribution in [1.29, 1.82) is 0 Å². The minimum Gasteiger partial charge on any atom is -1.00 e. The third kappa shape index (κ3) is 3.87. The first-order chi connectivity index (χ1) is 26.2. The van der Waals surface area contributed by atoms with Gasteiger partial charge in [0.05, 0.1) is 62.3 Å². The Bertz CT molecular complexity index is 2030. The predicted molar refractivity (Wildman–Crippen MR) is 213 cm³/mol. The molecule has 0 amide bonds. The molecule has 6 nitrogen and oxygen atoms in total. The molecule has 0 N–H and O–H groups in total. The molecule has 2 unspecified atom stereocenters. The topological polar surface area (TPSA) is 24.9 Å². The molecule has 2 aliphatic carbocycles. The number of ether oxygens (including phenoxy) is 2. The molecule has 2 aromatic carbocycles. The summed E-state index contributed by atoms with van der Waals surface area (Å²) in [7, 11) is 0. The van der Waals surface area contributed by atoms with E-state index in [9.17, 15) is 0 Å². The monoisotopic (exact) mass is 880 g/mol. The number of piperidine rings is 2. The first-order valence-electron chi connectivity index (χ1n) is 21.6. The van der Waals surface area contributed by atoms with Crippen LogP contribution in [0.25, 0.3) is 0 Å². The largest absolute Gasteiger partial charge is 1.00 e. The lowest BCUT2D eigenvalue weighted by atomic mass is 9.52. The van der Waals surface area contributed by atoms with E-state index in [4.69, 9.17) is 9.47 Å². The van der Waals surface area contributed by atoms with Crippen LogP contribution in [0.3, 0.4) is 0 Å². The second-order valence-corrected chi connectivity index (χ2v) is 20.2. The van der Waals surface area contributed by atoms with E-state index in [1.807, 2.05) is 0 Å². The van der Waals surface area contributed by atoms with Gasteiger partial charge < -0.3 is 62.2 Å². The number of benzene rings is 2. The molecular weight excluding hydrogens is 824 g/mol. The SMILES string of the molecule is C=CC[N+]12CC[C@@]34c5cc(C)c(C)cc5N5[C@@H]6OCC=C7C[N+]8(CC=C)CC[C@]9%10c%11cc(C)c(C)cc%11N([C@@H]%11OCC=C(C1)[C@H](C[C@@H]32)[C@@H]%11[C@H]54)[C@H]9[C@H]6[C@H]7C[C@@H]%108.[Br-].[Br-]. The molecular formula is C48H58Br2N4O2. The van der Waals surface area contributed by atoms with E-state index in [2.05, 4.69) is 99.2 Å². The van der Waals surface area contributed by atoms with Crippen LogP contribution in [0.4, 0.5) is 11.4 Å². The van der Waals surface area contributed by atoms with Gasteiger partial charge in [0.15, 0.2) is 0 Å². The Hall–Kier alpha value is -2.20. The molecule has 2 saturated carbocycles. The van der Waals surface area contributed by atoms with E-state index >= 15 is 0 Å². The summed E-state index contributed by atoms with van der Waals surface area (Å²) < 4.78 is 17.6. The first kappa shape index (κ1) is 36.8. The number of fused-ring (bicyclic) bond motifs is 6. The molecule has 14 atom stereocenters. The Morgan fingerprint density at radius 1 is 0.661 bits per heavy atom. The molecule has 5 saturated heterocycles. The van der Waals surface area contributed by atoms with Gasteiger partial charge in [-0.15, -0.1) is 0 Å².